The molecule has 0 bridgehead atoms. The molecular weight excluding hydrogens is 266 g/mol. The highest BCUT2D eigenvalue weighted by atomic mass is 16.5. The Balaban J connectivity index is 1.78. The summed E-state index contributed by atoms with van der Waals surface area (Å²) in [5.74, 6) is 0. The summed E-state index contributed by atoms with van der Waals surface area (Å²) in [6, 6.07) is 8.44. The Hall–Kier alpha value is -1.75. The van der Waals surface area contributed by atoms with Gasteiger partial charge in [0.15, 0.2) is 0 Å². The van der Waals surface area contributed by atoms with E-state index in [2.05, 4.69) is 41.4 Å². The van der Waals surface area contributed by atoms with E-state index in [9.17, 15) is 4.79 Å². The summed E-state index contributed by atoms with van der Waals surface area (Å²) in [7, 11) is 1.67. The van der Waals surface area contributed by atoms with Crippen molar-refractivity contribution < 1.29 is 9.53 Å². The van der Waals surface area contributed by atoms with E-state index in [1.165, 1.54) is 11.3 Å². The molecule has 5 heteroatoms. The van der Waals surface area contributed by atoms with Gasteiger partial charge in [0.05, 0.1) is 0 Å². The van der Waals surface area contributed by atoms with Gasteiger partial charge in [-0.3, -0.25) is 0 Å². The van der Waals surface area contributed by atoms with Gasteiger partial charge < -0.3 is 19.9 Å². The molecule has 2 amide bonds. The van der Waals surface area contributed by atoms with Crippen LogP contribution in [0.2, 0.25) is 0 Å². The third kappa shape index (κ3) is 4.36. The highest BCUT2D eigenvalue weighted by Crippen LogP contribution is 2.20. The summed E-state index contributed by atoms with van der Waals surface area (Å²) in [6.45, 7) is 6.79. The van der Waals surface area contributed by atoms with Crippen molar-refractivity contribution in [2.45, 2.75) is 13.3 Å². The van der Waals surface area contributed by atoms with Crippen LogP contribution in [0.3, 0.4) is 0 Å². The van der Waals surface area contributed by atoms with Gasteiger partial charge in [0, 0.05) is 52.1 Å². The first-order valence-electron chi connectivity index (χ1n) is 7.54. The van der Waals surface area contributed by atoms with Crippen LogP contribution in [0.4, 0.5) is 10.5 Å². The van der Waals surface area contributed by atoms with E-state index in [0.717, 1.165) is 32.6 Å². The van der Waals surface area contributed by atoms with E-state index in [0.29, 0.717) is 13.2 Å². The predicted molar refractivity (Wildman–Crippen MR) is 84.9 cm³/mol. The maximum atomic E-state index is 12.0. The van der Waals surface area contributed by atoms with Gasteiger partial charge in [-0.1, -0.05) is 18.2 Å². The highest BCUT2D eigenvalue weighted by Gasteiger charge is 2.21. The van der Waals surface area contributed by atoms with Gasteiger partial charge in [-0.25, -0.2) is 4.79 Å². The topological polar surface area (TPSA) is 44.8 Å². The van der Waals surface area contributed by atoms with Crippen LogP contribution in [0.5, 0.6) is 0 Å². The lowest BCUT2D eigenvalue weighted by Crippen LogP contribution is -2.52. The van der Waals surface area contributed by atoms with Gasteiger partial charge >= 0.3 is 6.03 Å². The van der Waals surface area contributed by atoms with Crippen molar-refractivity contribution in [1.29, 1.82) is 0 Å². The first kappa shape index (κ1) is 15.6. The summed E-state index contributed by atoms with van der Waals surface area (Å²) in [4.78, 5) is 16.3. The van der Waals surface area contributed by atoms with E-state index < -0.39 is 0 Å². The monoisotopic (exact) mass is 291 g/mol. The number of methoxy groups -OCH3 is 1. The molecule has 21 heavy (non-hydrogen) atoms. The minimum atomic E-state index is 0.0375. The smallest absolute Gasteiger partial charge is 0.317 e. The Kier molecular flexibility index (Phi) is 5.87. The van der Waals surface area contributed by atoms with Crippen LogP contribution in [-0.2, 0) is 4.74 Å². The number of carbonyl (C=O) groups excluding carboxylic acids is 1. The fourth-order valence-corrected chi connectivity index (χ4v) is 2.59. The quantitative estimate of drug-likeness (QED) is 0.842. The summed E-state index contributed by atoms with van der Waals surface area (Å²) >= 11 is 0. The normalized spacial score (nSPS) is 15.1. The van der Waals surface area contributed by atoms with Crippen LogP contribution in [0, 0.1) is 6.92 Å². The van der Waals surface area contributed by atoms with Crippen LogP contribution in [-0.4, -0.2) is 57.4 Å². The molecule has 1 aliphatic rings. The zero-order chi connectivity index (χ0) is 15.1. The summed E-state index contributed by atoms with van der Waals surface area (Å²) in [5, 5.41) is 2.94. The van der Waals surface area contributed by atoms with Crippen molar-refractivity contribution in [2.75, 3.05) is 51.3 Å². The van der Waals surface area contributed by atoms with Gasteiger partial charge in [-0.15, -0.1) is 0 Å². The molecule has 1 saturated heterocycles. The number of carbonyl (C=O) groups is 1. The lowest BCUT2D eigenvalue weighted by molar-refractivity contribution is 0.183. The van der Waals surface area contributed by atoms with Crippen molar-refractivity contribution in [2.24, 2.45) is 0 Å². The number of ether oxygens (including phenoxy) is 1. The second kappa shape index (κ2) is 7.88. The number of aryl methyl sites for hydroxylation is 1. The number of benzene rings is 1. The molecule has 1 aromatic carbocycles. The number of rotatable bonds is 5. The molecule has 1 aliphatic heterocycles. The predicted octanol–water partition coefficient (Wildman–Crippen LogP) is 1.86. The molecular formula is C16H25N3O2. The molecule has 0 spiro atoms. The molecule has 0 aliphatic carbocycles. The Bertz CT molecular complexity index is 457. The molecule has 5 nitrogen and oxygen atoms in total. The van der Waals surface area contributed by atoms with E-state index in [1.54, 1.807) is 7.11 Å². The summed E-state index contributed by atoms with van der Waals surface area (Å²) in [6.07, 6.45) is 0.853. The first-order valence-corrected chi connectivity index (χ1v) is 7.54. The number of nitrogens with one attached hydrogen (secondary N) is 1. The second-order valence-electron chi connectivity index (χ2n) is 5.34. The fourth-order valence-electron chi connectivity index (χ4n) is 2.59. The van der Waals surface area contributed by atoms with Crippen LogP contribution in [0.25, 0.3) is 0 Å². The molecule has 2 rings (SSSR count). The molecule has 0 unspecified atom stereocenters. The Morgan fingerprint density at radius 2 is 1.95 bits per heavy atom. The van der Waals surface area contributed by atoms with E-state index >= 15 is 0 Å². The SMILES string of the molecule is COCCCNC(=O)N1CCN(c2ccccc2C)CC1. The number of anilines is 1. The van der Waals surface area contributed by atoms with Gasteiger partial charge in [-0.2, -0.15) is 0 Å². The Morgan fingerprint density at radius 3 is 2.62 bits per heavy atom. The van der Waals surface area contributed by atoms with E-state index in [-0.39, 0.29) is 6.03 Å². The minimum Gasteiger partial charge on any atom is -0.385 e. The lowest BCUT2D eigenvalue weighted by Gasteiger charge is -2.36. The Morgan fingerprint density at radius 1 is 1.24 bits per heavy atom. The molecule has 1 aromatic rings. The average molecular weight is 291 g/mol. The molecule has 0 aromatic heterocycles. The van der Waals surface area contributed by atoms with Gasteiger partial charge in [-0.05, 0) is 25.0 Å². The van der Waals surface area contributed by atoms with Crippen molar-refractivity contribution in [1.82, 2.24) is 10.2 Å². The third-order valence-electron chi connectivity index (χ3n) is 3.82. The maximum absolute atomic E-state index is 12.0. The van der Waals surface area contributed by atoms with Crippen LogP contribution < -0.4 is 10.2 Å². The standard InChI is InChI=1S/C16H25N3O2/c1-14-6-3-4-7-15(14)18-9-11-19(12-10-18)16(20)17-8-5-13-21-2/h3-4,6-7H,5,8-13H2,1-2H3,(H,17,20). The zero-order valence-electron chi connectivity index (χ0n) is 13.0. The number of urea groups is 1. The molecule has 0 saturated carbocycles. The molecule has 0 radical (unpaired) electrons. The number of amides is 2. The van der Waals surface area contributed by atoms with Crippen LogP contribution in [0.15, 0.2) is 24.3 Å². The fraction of sp³-hybridized carbons (Fsp3) is 0.562. The average Bonchev–Trinajstić information content (AvgIpc) is 2.52. The van der Waals surface area contributed by atoms with Crippen molar-refractivity contribution in [3.05, 3.63) is 29.8 Å². The van der Waals surface area contributed by atoms with Gasteiger partial charge in [0.25, 0.3) is 0 Å². The number of nitrogens with zero attached hydrogens (tertiary/aromatic N) is 2. The van der Waals surface area contributed by atoms with Crippen molar-refractivity contribution in [3.63, 3.8) is 0 Å². The third-order valence-corrected chi connectivity index (χ3v) is 3.82. The largest absolute Gasteiger partial charge is 0.385 e. The van der Waals surface area contributed by atoms with Crippen molar-refractivity contribution >= 4 is 11.7 Å². The zero-order valence-corrected chi connectivity index (χ0v) is 13.0. The molecule has 116 valence electrons. The van der Waals surface area contributed by atoms with Gasteiger partial charge in [0.2, 0.25) is 0 Å². The molecule has 0 atom stereocenters. The molecule has 1 N–H and O–H groups in total. The van der Waals surface area contributed by atoms with E-state index in [1.807, 2.05) is 4.90 Å². The highest BCUT2D eigenvalue weighted by molar-refractivity contribution is 5.74. The Labute approximate surface area is 126 Å². The maximum Gasteiger partial charge on any atom is 0.317 e. The number of para-hydroxylation sites is 1. The van der Waals surface area contributed by atoms with Gasteiger partial charge in [0.1, 0.15) is 0 Å². The summed E-state index contributed by atoms with van der Waals surface area (Å²) < 4.78 is 4.97. The minimum absolute atomic E-state index is 0.0375. The molecule has 1 heterocycles. The van der Waals surface area contributed by atoms with E-state index in [4.69, 9.17) is 4.74 Å². The van der Waals surface area contributed by atoms with Crippen LogP contribution >= 0.6 is 0 Å². The first-order chi connectivity index (χ1) is 10.2. The number of hydrogen-bond donors (Lipinski definition) is 1. The summed E-state index contributed by atoms with van der Waals surface area (Å²) in [5.41, 5.74) is 2.56. The van der Waals surface area contributed by atoms with Crippen LogP contribution in [0.1, 0.15) is 12.0 Å². The lowest BCUT2D eigenvalue weighted by atomic mass is 10.1. The molecule has 1 fully saturated rings. The van der Waals surface area contributed by atoms with Crippen molar-refractivity contribution in [3.8, 4) is 0 Å². The number of piperazine rings is 1. The second-order valence-corrected chi connectivity index (χ2v) is 5.34. The number of hydrogen-bond acceptors (Lipinski definition) is 3.